The third-order valence-corrected chi connectivity index (χ3v) is 5.87. The number of rotatable bonds is 3. The van der Waals surface area contributed by atoms with Crippen LogP contribution >= 0.6 is 74.5 Å². The molecule has 0 unspecified atom stereocenters. The second kappa shape index (κ2) is 7.81. The van der Waals surface area contributed by atoms with E-state index in [1.54, 1.807) is 18.5 Å². The summed E-state index contributed by atoms with van der Waals surface area (Å²) in [6.07, 6.45) is 3.47. The fourth-order valence-electron chi connectivity index (χ4n) is 2.29. The molecular formula is C13H10BrCl3N6S2. The van der Waals surface area contributed by atoms with E-state index in [-0.39, 0.29) is 17.0 Å². The highest BCUT2D eigenvalue weighted by atomic mass is 79.9. The van der Waals surface area contributed by atoms with Crippen molar-refractivity contribution >= 4 is 91.6 Å². The molecule has 132 valence electrons. The van der Waals surface area contributed by atoms with Crippen LogP contribution in [0.25, 0.3) is 16.2 Å². The second-order valence-electron chi connectivity index (χ2n) is 4.80. The molecule has 2 N–H and O–H groups in total. The summed E-state index contributed by atoms with van der Waals surface area (Å²) >= 11 is 21.1. The molecule has 4 heterocycles. The molecule has 25 heavy (non-hydrogen) atoms. The summed E-state index contributed by atoms with van der Waals surface area (Å²) < 4.78 is 3.71. The summed E-state index contributed by atoms with van der Waals surface area (Å²) in [7, 11) is 0. The number of hydrogen-bond acceptors (Lipinski definition) is 7. The van der Waals surface area contributed by atoms with Gasteiger partial charge in [-0.25, -0.2) is 15.4 Å². The van der Waals surface area contributed by atoms with E-state index in [4.69, 9.17) is 34.8 Å². The lowest BCUT2D eigenvalue weighted by atomic mass is 10.2. The lowest BCUT2D eigenvalue weighted by Crippen LogP contribution is -2.30. The van der Waals surface area contributed by atoms with Gasteiger partial charge in [-0.1, -0.05) is 46.1 Å². The summed E-state index contributed by atoms with van der Waals surface area (Å²) in [5, 5.41) is 7.32. The Labute approximate surface area is 176 Å². The monoisotopic (exact) mass is 498 g/mol. The van der Waals surface area contributed by atoms with Gasteiger partial charge >= 0.3 is 0 Å². The number of nitrogens with zero attached hydrogens (tertiary/aromatic N) is 4. The number of thiazole rings is 1. The van der Waals surface area contributed by atoms with Crippen LogP contribution < -0.4 is 10.7 Å². The maximum absolute atomic E-state index is 6.29. The van der Waals surface area contributed by atoms with Crippen LogP contribution in [0.5, 0.6) is 0 Å². The first-order valence-electron chi connectivity index (χ1n) is 6.82. The predicted molar refractivity (Wildman–Crippen MR) is 113 cm³/mol. The van der Waals surface area contributed by atoms with Crippen molar-refractivity contribution in [2.75, 3.05) is 13.1 Å². The van der Waals surface area contributed by atoms with Gasteiger partial charge in [-0.2, -0.15) is 5.10 Å². The van der Waals surface area contributed by atoms with E-state index in [1.807, 2.05) is 4.40 Å². The van der Waals surface area contributed by atoms with Crippen molar-refractivity contribution in [2.24, 2.45) is 10.1 Å². The second-order valence-corrected chi connectivity index (χ2v) is 8.72. The molecule has 0 saturated heterocycles. The Hall–Kier alpha value is -0.840. The van der Waals surface area contributed by atoms with Gasteiger partial charge < -0.3 is 5.32 Å². The SMILES string of the molecule is Br.Clc1cc(-c2nc3sc(Cl)cn3c2/C=N/NC2=NCCN2)c(Cl)s1. The van der Waals surface area contributed by atoms with Crippen molar-refractivity contribution in [2.45, 2.75) is 0 Å². The Morgan fingerprint density at radius 1 is 1.28 bits per heavy atom. The van der Waals surface area contributed by atoms with E-state index >= 15 is 0 Å². The summed E-state index contributed by atoms with van der Waals surface area (Å²) in [4.78, 5) is 9.60. The van der Waals surface area contributed by atoms with Crippen LogP contribution in [0.3, 0.4) is 0 Å². The lowest BCUT2D eigenvalue weighted by Gasteiger charge is -2.00. The quantitative estimate of drug-likeness (QED) is 0.410. The van der Waals surface area contributed by atoms with Gasteiger partial charge in [0.25, 0.3) is 0 Å². The number of thiophene rings is 1. The molecule has 4 rings (SSSR count). The van der Waals surface area contributed by atoms with E-state index in [0.29, 0.717) is 24.7 Å². The van der Waals surface area contributed by atoms with Crippen LogP contribution in [-0.4, -0.2) is 34.6 Å². The highest BCUT2D eigenvalue weighted by molar-refractivity contribution is 8.93. The van der Waals surface area contributed by atoms with Crippen LogP contribution in [0.1, 0.15) is 5.69 Å². The first kappa shape index (κ1) is 18.9. The Kier molecular flexibility index (Phi) is 5.92. The number of aliphatic imine (C=N–C) groups is 1. The zero-order chi connectivity index (χ0) is 16.7. The molecule has 1 aliphatic heterocycles. The molecule has 0 amide bonds. The molecule has 3 aromatic heterocycles. The third-order valence-electron chi connectivity index (χ3n) is 3.28. The average molecular weight is 501 g/mol. The summed E-state index contributed by atoms with van der Waals surface area (Å²) in [6.45, 7) is 1.55. The molecule has 0 aliphatic carbocycles. The van der Waals surface area contributed by atoms with Gasteiger partial charge in [0.1, 0.15) is 14.4 Å². The normalized spacial score (nSPS) is 14.0. The number of hydrazone groups is 1. The Morgan fingerprint density at radius 2 is 2.12 bits per heavy atom. The van der Waals surface area contributed by atoms with Crippen molar-refractivity contribution in [3.8, 4) is 11.3 Å². The molecule has 0 aromatic carbocycles. The number of imidazole rings is 1. The van der Waals surface area contributed by atoms with Gasteiger partial charge in [-0.15, -0.1) is 28.3 Å². The molecule has 0 atom stereocenters. The van der Waals surface area contributed by atoms with Crippen molar-refractivity contribution in [1.29, 1.82) is 0 Å². The van der Waals surface area contributed by atoms with E-state index in [1.165, 1.54) is 22.7 Å². The maximum Gasteiger partial charge on any atom is 0.212 e. The van der Waals surface area contributed by atoms with Crippen LogP contribution in [0, 0.1) is 0 Å². The van der Waals surface area contributed by atoms with Crippen molar-refractivity contribution in [1.82, 2.24) is 20.1 Å². The van der Waals surface area contributed by atoms with Crippen molar-refractivity contribution < 1.29 is 0 Å². The van der Waals surface area contributed by atoms with Gasteiger partial charge in [0.05, 0.1) is 22.8 Å². The fraction of sp³-hybridized carbons (Fsp3) is 0.154. The lowest BCUT2D eigenvalue weighted by molar-refractivity contribution is 0.919. The number of fused-ring (bicyclic) bond motifs is 1. The fourth-order valence-corrected chi connectivity index (χ4v) is 4.78. The molecule has 3 aromatic rings. The molecule has 0 saturated carbocycles. The highest BCUT2D eigenvalue weighted by Gasteiger charge is 2.19. The van der Waals surface area contributed by atoms with E-state index in [2.05, 4.69) is 25.8 Å². The molecule has 12 heteroatoms. The summed E-state index contributed by atoms with van der Waals surface area (Å²) in [5.41, 5.74) is 5.11. The Balaban J connectivity index is 0.00000182. The number of aromatic nitrogens is 2. The summed E-state index contributed by atoms with van der Waals surface area (Å²) in [6, 6.07) is 1.80. The molecule has 0 radical (unpaired) electrons. The zero-order valence-electron chi connectivity index (χ0n) is 12.3. The van der Waals surface area contributed by atoms with Crippen LogP contribution in [-0.2, 0) is 0 Å². The van der Waals surface area contributed by atoms with Gasteiger partial charge in [0.2, 0.25) is 5.96 Å². The number of hydrogen-bond donors (Lipinski definition) is 2. The van der Waals surface area contributed by atoms with E-state index in [0.717, 1.165) is 29.3 Å². The van der Waals surface area contributed by atoms with E-state index < -0.39 is 0 Å². The predicted octanol–water partition coefficient (Wildman–Crippen LogP) is 4.55. The topological polar surface area (TPSA) is 66.1 Å². The Bertz CT molecular complexity index is 976. The first-order chi connectivity index (χ1) is 11.6. The van der Waals surface area contributed by atoms with Gasteiger partial charge in [-0.05, 0) is 6.07 Å². The Morgan fingerprint density at radius 3 is 2.80 bits per heavy atom. The molecule has 1 aliphatic rings. The highest BCUT2D eigenvalue weighted by Crippen LogP contribution is 2.40. The van der Waals surface area contributed by atoms with Gasteiger partial charge in [0, 0.05) is 18.3 Å². The molecule has 0 fully saturated rings. The van der Waals surface area contributed by atoms with Crippen LogP contribution in [0.4, 0.5) is 0 Å². The standard InChI is InChI=1S/C13H9Cl3N6S2.BrH/c14-8-3-6(11(16)23-8)10-7(4-19-21-12-17-1-2-18-12)22-5-9(15)24-13(22)20-10;/h3-5H,1-2H2,(H2,17,18,21);1H/b19-4+;. The first-order valence-corrected chi connectivity index (χ1v) is 9.58. The summed E-state index contributed by atoms with van der Waals surface area (Å²) in [5.74, 6) is 0.647. The molecule has 0 spiro atoms. The number of nitrogens with one attached hydrogen (secondary N) is 2. The molecule has 6 nitrogen and oxygen atoms in total. The van der Waals surface area contributed by atoms with Crippen LogP contribution in [0.15, 0.2) is 22.4 Å². The minimum atomic E-state index is 0. The molecular weight excluding hydrogens is 491 g/mol. The van der Waals surface area contributed by atoms with Gasteiger partial charge in [0.15, 0.2) is 4.96 Å². The zero-order valence-corrected chi connectivity index (χ0v) is 17.9. The number of halogens is 4. The smallest absolute Gasteiger partial charge is 0.212 e. The van der Waals surface area contributed by atoms with Crippen LogP contribution in [0.2, 0.25) is 13.0 Å². The van der Waals surface area contributed by atoms with Gasteiger partial charge in [-0.3, -0.25) is 4.40 Å². The largest absolute Gasteiger partial charge is 0.353 e. The number of guanidine groups is 1. The average Bonchev–Trinajstić information content (AvgIpc) is 3.26. The minimum absolute atomic E-state index is 0. The molecule has 0 bridgehead atoms. The maximum atomic E-state index is 6.29. The van der Waals surface area contributed by atoms with E-state index in [9.17, 15) is 0 Å². The minimum Gasteiger partial charge on any atom is -0.353 e. The van der Waals surface area contributed by atoms with Crippen molar-refractivity contribution in [3.63, 3.8) is 0 Å². The van der Waals surface area contributed by atoms with Crippen molar-refractivity contribution in [3.05, 3.63) is 31.0 Å². The third kappa shape index (κ3) is 3.81.